The quantitative estimate of drug-likeness (QED) is 0.682. The average molecular weight is 434 g/mol. The highest BCUT2D eigenvalue weighted by atomic mass is 32.1. The van der Waals surface area contributed by atoms with Gasteiger partial charge in [-0.05, 0) is 58.6 Å². The van der Waals surface area contributed by atoms with Crippen molar-refractivity contribution in [2.45, 2.75) is 58.1 Å². The molecule has 0 aliphatic heterocycles. The molecule has 3 rings (SSSR count). The van der Waals surface area contributed by atoms with Gasteiger partial charge in [0.2, 0.25) is 5.91 Å². The van der Waals surface area contributed by atoms with Crippen molar-refractivity contribution in [1.82, 2.24) is 15.6 Å². The Hall–Kier alpha value is -2.48. The van der Waals surface area contributed by atoms with E-state index in [9.17, 15) is 14.0 Å². The first kappa shape index (κ1) is 22.2. The largest absolute Gasteiger partial charge is 0.444 e. The number of halogens is 1. The number of aromatic nitrogens is 1. The molecule has 1 fully saturated rings. The number of ether oxygens (including phenoxy) is 1. The monoisotopic (exact) mass is 433 g/mol. The number of alkyl carbamates (subject to hydrolysis) is 1. The Morgan fingerprint density at radius 2 is 2.00 bits per heavy atom. The Kier molecular flexibility index (Phi) is 6.45. The van der Waals surface area contributed by atoms with Crippen molar-refractivity contribution >= 4 is 23.3 Å². The van der Waals surface area contributed by atoms with Crippen molar-refractivity contribution in [3.63, 3.8) is 0 Å². The summed E-state index contributed by atoms with van der Waals surface area (Å²) < 4.78 is 18.7. The SMILES string of the molecule is CC(C)(C)OC(=O)NCC(C)(NC(=O)Cc1csc(-c2cccc(F)c2)n1)C1CC1. The van der Waals surface area contributed by atoms with Crippen molar-refractivity contribution in [1.29, 1.82) is 0 Å². The van der Waals surface area contributed by atoms with Gasteiger partial charge in [-0.1, -0.05) is 12.1 Å². The van der Waals surface area contributed by atoms with Crippen LogP contribution in [0.2, 0.25) is 0 Å². The van der Waals surface area contributed by atoms with Gasteiger partial charge < -0.3 is 15.4 Å². The maximum Gasteiger partial charge on any atom is 0.407 e. The van der Waals surface area contributed by atoms with Crippen molar-refractivity contribution in [2.75, 3.05) is 6.54 Å². The fourth-order valence-corrected chi connectivity index (χ4v) is 4.07. The van der Waals surface area contributed by atoms with Crippen LogP contribution in [0.4, 0.5) is 9.18 Å². The number of nitrogens with zero attached hydrogens (tertiary/aromatic N) is 1. The third kappa shape index (κ3) is 6.26. The van der Waals surface area contributed by atoms with Gasteiger partial charge in [-0.25, -0.2) is 14.2 Å². The smallest absolute Gasteiger partial charge is 0.407 e. The predicted octanol–water partition coefficient (Wildman–Crippen LogP) is 4.30. The van der Waals surface area contributed by atoms with Gasteiger partial charge in [0.1, 0.15) is 16.4 Å². The molecular weight excluding hydrogens is 405 g/mol. The van der Waals surface area contributed by atoms with E-state index in [0.29, 0.717) is 28.7 Å². The molecule has 162 valence electrons. The molecule has 1 aromatic heterocycles. The zero-order valence-corrected chi connectivity index (χ0v) is 18.6. The minimum Gasteiger partial charge on any atom is -0.444 e. The summed E-state index contributed by atoms with van der Waals surface area (Å²) >= 11 is 1.38. The number of carbonyl (C=O) groups is 2. The molecule has 1 aliphatic carbocycles. The fraction of sp³-hybridized carbons (Fsp3) is 0.500. The second-order valence-electron chi connectivity index (χ2n) is 8.93. The maximum atomic E-state index is 13.4. The molecule has 0 saturated heterocycles. The Balaban J connectivity index is 1.58. The third-order valence-electron chi connectivity index (χ3n) is 4.87. The lowest BCUT2D eigenvalue weighted by Gasteiger charge is -2.32. The number of hydrogen-bond acceptors (Lipinski definition) is 5. The van der Waals surface area contributed by atoms with Crippen molar-refractivity contribution in [3.05, 3.63) is 41.2 Å². The summed E-state index contributed by atoms with van der Waals surface area (Å²) in [6.07, 6.45) is 1.64. The molecule has 2 aromatic rings. The first-order valence-corrected chi connectivity index (χ1v) is 10.9. The number of rotatable bonds is 7. The minimum absolute atomic E-state index is 0.126. The summed E-state index contributed by atoms with van der Waals surface area (Å²) in [6, 6.07) is 6.24. The highest BCUT2D eigenvalue weighted by Gasteiger charge is 2.43. The molecule has 1 atom stereocenters. The van der Waals surface area contributed by atoms with E-state index in [1.54, 1.807) is 32.9 Å². The molecule has 30 heavy (non-hydrogen) atoms. The second-order valence-corrected chi connectivity index (χ2v) is 9.78. The van der Waals surface area contributed by atoms with E-state index in [-0.39, 0.29) is 18.1 Å². The normalized spacial score (nSPS) is 15.9. The van der Waals surface area contributed by atoms with Crippen molar-refractivity contribution in [3.8, 4) is 10.6 Å². The van der Waals surface area contributed by atoms with Gasteiger partial charge in [0, 0.05) is 17.5 Å². The average Bonchev–Trinajstić information content (AvgIpc) is 3.39. The van der Waals surface area contributed by atoms with Gasteiger partial charge in [-0.2, -0.15) is 0 Å². The van der Waals surface area contributed by atoms with Crippen LogP contribution in [0.15, 0.2) is 29.6 Å². The lowest BCUT2D eigenvalue weighted by atomic mass is 9.95. The van der Waals surface area contributed by atoms with Gasteiger partial charge >= 0.3 is 6.09 Å². The van der Waals surface area contributed by atoms with E-state index in [4.69, 9.17) is 4.74 Å². The van der Waals surface area contributed by atoms with Crippen LogP contribution in [-0.4, -0.2) is 34.7 Å². The number of thiazole rings is 1. The Labute approximate surface area is 180 Å². The summed E-state index contributed by atoms with van der Waals surface area (Å²) in [6.45, 7) is 7.66. The Morgan fingerprint density at radius 3 is 2.63 bits per heavy atom. The number of hydrogen-bond donors (Lipinski definition) is 2. The highest BCUT2D eigenvalue weighted by molar-refractivity contribution is 7.13. The van der Waals surface area contributed by atoms with E-state index >= 15 is 0 Å². The summed E-state index contributed by atoms with van der Waals surface area (Å²) in [5, 5.41) is 8.34. The fourth-order valence-electron chi connectivity index (χ4n) is 3.25. The molecule has 2 amide bonds. The minimum atomic E-state index is -0.576. The predicted molar refractivity (Wildman–Crippen MR) is 115 cm³/mol. The van der Waals surface area contributed by atoms with Crippen LogP contribution in [0.5, 0.6) is 0 Å². The number of amides is 2. The number of benzene rings is 1. The number of carbonyl (C=O) groups excluding carboxylic acids is 2. The Morgan fingerprint density at radius 1 is 1.27 bits per heavy atom. The van der Waals surface area contributed by atoms with Gasteiger partial charge in [-0.15, -0.1) is 11.3 Å². The molecule has 0 radical (unpaired) electrons. The molecule has 1 heterocycles. The number of nitrogens with one attached hydrogen (secondary N) is 2. The van der Waals surface area contributed by atoms with Crippen LogP contribution in [-0.2, 0) is 16.0 Å². The van der Waals surface area contributed by atoms with Crippen LogP contribution >= 0.6 is 11.3 Å². The topological polar surface area (TPSA) is 80.3 Å². The summed E-state index contributed by atoms with van der Waals surface area (Å²) in [7, 11) is 0. The zero-order chi connectivity index (χ0) is 21.9. The molecule has 0 spiro atoms. The highest BCUT2D eigenvalue weighted by Crippen LogP contribution is 2.39. The summed E-state index contributed by atoms with van der Waals surface area (Å²) in [5.74, 6) is -0.166. The Bertz CT molecular complexity index is 920. The van der Waals surface area contributed by atoms with Crippen LogP contribution in [0.25, 0.3) is 10.6 Å². The van der Waals surface area contributed by atoms with Crippen LogP contribution in [0.1, 0.15) is 46.2 Å². The molecular formula is C22H28FN3O3S. The van der Waals surface area contributed by atoms with E-state index in [2.05, 4.69) is 15.6 Å². The molecule has 8 heteroatoms. The van der Waals surface area contributed by atoms with Crippen LogP contribution in [0, 0.1) is 11.7 Å². The standard InChI is InChI=1S/C22H28FN3O3S/c1-21(2,3)29-20(28)24-13-22(4,15-8-9-15)26-18(27)11-17-12-30-19(25-17)14-6-5-7-16(23)10-14/h5-7,10,12,15H,8-9,11,13H2,1-4H3,(H,24,28)(H,26,27). The molecule has 2 N–H and O–H groups in total. The van der Waals surface area contributed by atoms with E-state index < -0.39 is 17.2 Å². The van der Waals surface area contributed by atoms with Gasteiger partial charge in [0.05, 0.1) is 17.7 Å². The van der Waals surface area contributed by atoms with E-state index in [1.165, 1.54) is 23.5 Å². The van der Waals surface area contributed by atoms with Gasteiger partial charge in [0.15, 0.2) is 0 Å². The first-order chi connectivity index (χ1) is 14.0. The first-order valence-electron chi connectivity index (χ1n) is 10.0. The second kappa shape index (κ2) is 8.71. The molecule has 1 aliphatic rings. The molecule has 6 nitrogen and oxygen atoms in total. The molecule has 0 bridgehead atoms. The maximum absolute atomic E-state index is 13.4. The van der Waals surface area contributed by atoms with Gasteiger partial charge in [0.25, 0.3) is 0 Å². The van der Waals surface area contributed by atoms with Crippen molar-refractivity contribution < 1.29 is 18.7 Å². The lowest BCUT2D eigenvalue weighted by molar-refractivity contribution is -0.122. The molecule has 1 saturated carbocycles. The summed E-state index contributed by atoms with van der Waals surface area (Å²) in [4.78, 5) is 29.2. The zero-order valence-electron chi connectivity index (χ0n) is 17.8. The van der Waals surface area contributed by atoms with Crippen LogP contribution < -0.4 is 10.6 Å². The summed E-state index contributed by atoms with van der Waals surface area (Å²) in [5.41, 5.74) is 0.203. The van der Waals surface area contributed by atoms with Gasteiger partial charge in [-0.3, -0.25) is 4.79 Å². The lowest BCUT2D eigenvalue weighted by Crippen LogP contribution is -2.56. The molecule has 1 aromatic carbocycles. The van der Waals surface area contributed by atoms with E-state index in [0.717, 1.165) is 12.8 Å². The van der Waals surface area contributed by atoms with E-state index in [1.807, 2.05) is 12.3 Å². The van der Waals surface area contributed by atoms with Crippen LogP contribution in [0.3, 0.4) is 0 Å². The van der Waals surface area contributed by atoms with Crippen molar-refractivity contribution in [2.24, 2.45) is 5.92 Å². The third-order valence-corrected chi connectivity index (χ3v) is 5.81. The molecule has 1 unspecified atom stereocenters.